The lowest BCUT2D eigenvalue weighted by Crippen LogP contribution is -2.16. The fourth-order valence-electron chi connectivity index (χ4n) is 2.68. The Morgan fingerprint density at radius 2 is 1.67 bits per heavy atom. The molecule has 2 aliphatic carbocycles. The summed E-state index contributed by atoms with van der Waals surface area (Å²) < 4.78 is 0. The van der Waals surface area contributed by atoms with E-state index in [4.69, 9.17) is 10.0 Å². The van der Waals surface area contributed by atoms with Gasteiger partial charge in [0.25, 0.3) is 0 Å². The molecule has 2 nitrogen and oxygen atoms in total. The third-order valence-corrected chi connectivity index (χ3v) is 3.53. The quantitative estimate of drug-likeness (QED) is 0.612. The summed E-state index contributed by atoms with van der Waals surface area (Å²) in [6, 6.07) is 0. The second-order valence-corrected chi connectivity index (χ2v) is 4.38. The molecule has 0 heterocycles. The Balaban J connectivity index is 1.79. The molecule has 0 amide bonds. The first-order chi connectivity index (χ1) is 5.79. The maximum atomic E-state index is 8.95. The van der Waals surface area contributed by atoms with Gasteiger partial charge in [-0.3, -0.25) is 0 Å². The van der Waals surface area contributed by atoms with Gasteiger partial charge in [0.05, 0.1) is 0 Å². The van der Waals surface area contributed by atoms with Crippen molar-refractivity contribution < 1.29 is 10.0 Å². The summed E-state index contributed by atoms with van der Waals surface area (Å²) in [6.45, 7) is 0. The maximum Gasteiger partial charge on any atom is 0.455 e. The zero-order valence-electron chi connectivity index (χ0n) is 7.45. The lowest BCUT2D eigenvalue weighted by molar-refractivity contribution is 0.314. The fourth-order valence-corrected chi connectivity index (χ4v) is 2.68. The highest BCUT2D eigenvalue weighted by Crippen LogP contribution is 2.54. The molecule has 0 aromatic carbocycles. The largest absolute Gasteiger partial charge is 0.455 e. The Morgan fingerprint density at radius 3 is 2.17 bits per heavy atom. The van der Waals surface area contributed by atoms with Gasteiger partial charge in [-0.15, -0.1) is 0 Å². The van der Waals surface area contributed by atoms with E-state index in [0.717, 1.165) is 12.3 Å². The number of rotatable bonds is 2. The van der Waals surface area contributed by atoms with Crippen LogP contribution in [0.3, 0.4) is 0 Å². The van der Waals surface area contributed by atoms with E-state index in [1.165, 1.54) is 32.1 Å². The minimum Gasteiger partial charge on any atom is -0.427 e. The first-order valence-corrected chi connectivity index (χ1v) is 5.15. The van der Waals surface area contributed by atoms with Crippen LogP contribution in [0.2, 0.25) is 5.82 Å². The normalized spacial score (nSPS) is 36.5. The maximum absolute atomic E-state index is 8.95. The van der Waals surface area contributed by atoms with Gasteiger partial charge in [0, 0.05) is 0 Å². The van der Waals surface area contributed by atoms with E-state index in [9.17, 15) is 0 Å². The van der Waals surface area contributed by atoms with Gasteiger partial charge < -0.3 is 10.0 Å². The molecule has 0 unspecified atom stereocenters. The van der Waals surface area contributed by atoms with Gasteiger partial charge in [-0.05, 0) is 24.1 Å². The Morgan fingerprint density at radius 1 is 1.00 bits per heavy atom. The average molecular weight is 168 g/mol. The van der Waals surface area contributed by atoms with Gasteiger partial charge in [-0.25, -0.2) is 0 Å². The smallest absolute Gasteiger partial charge is 0.427 e. The van der Waals surface area contributed by atoms with Crippen molar-refractivity contribution in [3.05, 3.63) is 0 Å². The SMILES string of the molecule is OB(O)[C@H]1C[C@@H]1C1CCCCC1. The Kier molecular flexibility index (Phi) is 2.42. The highest BCUT2D eigenvalue weighted by Gasteiger charge is 2.49. The molecule has 0 aliphatic heterocycles. The van der Waals surface area contributed by atoms with E-state index in [1.807, 2.05) is 0 Å². The van der Waals surface area contributed by atoms with Crippen LogP contribution in [-0.2, 0) is 0 Å². The molecule has 0 saturated heterocycles. The van der Waals surface area contributed by atoms with Gasteiger partial charge >= 0.3 is 7.12 Å². The Labute approximate surface area is 74.1 Å². The summed E-state index contributed by atoms with van der Waals surface area (Å²) in [4.78, 5) is 0. The molecule has 0 bridgehead atoms. The van der Waals surface area contributed by atoms with Crippen molar-refractivity contribution >= 4 is 7.12 Å². The van der Waals surface area contributed by atoms with Crippen molar-refractivity contribution in [3.63, 3.8) is 0 Å². The van der Waals surface area contributed by atoms with Crippen LogP contribution in [0.25, 0.3) is 0 Å². The second-order valence-electron chi connectivity index (χ2n) is 4.38. The first kappa shape index (κ1) is 8.58. The zero-order valence-corrected chi connectivity index (χ0v) is 7.45. The van der Waals surface area contributed by atoms with Crippen LogP contribution in [0, 0.1) is 11.8 Å². The Bertz CT molecular complexity index is 155. The van der Waals surface area contributed by atoms with E-state index < -0.39 is 7.12 Å². The minimum absolute atomic E-state index is 0.216. The second kappa shape index (κ2) is 3.39. The highest BCUT2D eigenvalue weighted by atomic mass is 16.4. The molecule has 0 aromatic rings. The Hall–Kier alpha value is -0.0151. The van der Waals surface area contributed by atoms with E-state index in [0.29, 0.717) is 5.92 Å². The predicted octanol–water partition coefficient (Wildman–Crippen LogP) is 1.43. The number of hydrogen-bond donors (Lipinski definition) is 2. The molecule has 2 atom stereocenters. The molecule has 0 radical (unpaired) electrons. The lowest BCUT2D eigenvalue weighted by atomic mass is 9.76. The molecule has 2 aliphatic rings. The topological polar surface area (TPSA) is 40.5 Å². The van der Waals surface area contributed by atoms with Crippen molar-refractivity contribution in [3.8, 4) is 0 Å². The monoisotopic (exact) mass is 168 g/mol. The molecule has 2 fully saturated rings. The molecule has 2 saturated carbocycles. The summed E-state index contributed by atoms with van der Waals surface area (Å²) in [5.74, 6) is 1.67. The van der Waals surface area contributed by atoms with Gasteiger partial charge in [-0.1, -0.05) is 32.1 Å². The van der Waals surface area contributed by atoms with Gasteiger partial charge in [-0.2, -0.15) is 0 Å². The van der Waals surface area contributed by atoms with Crippen molar-refractivity contribution in [1.29, 1.82) is 0 Å². The summed E-state index contributed by atoms with van der Waals surface area (Å²) in [7, 11) is -1.04. The third kappa shape index (κ3) is 1.67. The van der Waals surface area contributed by atoms with Crippen LogP contribution >= 0.6 is 0 Å². The third-order valence-electron chi connectivity index (χ3n) is 3.53. The van der Waals surface area contributed by atoms with Crippen molar-refractivity contribution in [2.75, 3.05) is 0 Å². The van der Waals surface area contributed by atoms with E-state index in [-0.39, 0.29) is 5.82 Å². The van der Waals surface area contributed by atoms with Crippen LogP contribution in [-0.4, -0.2) is 17.2 Å². The molecule has 0 aromatic heterocycles. The summed E-state index contributed by atoms with van der Waals surface area (Å²) in [5, 5.41) is 17.9. The summed E-state index contributed by atoms with van der Waals surface area (Å²) in [5.41, 5.74) is 0. The van der Waals surface area contributed by atoms with Gasteiger partial charge in [0.1, 0.15) is 0 Å². The average Bonchev–Trinajstić information content (AvgIpc) is 2.84. The molecule has 0 spiro atoms. The zero-order chi connectivity index (χ0) is 8.55. The molecular weight excluding hydrogens is 151 g/mol. The van der Waals surface area contributed by atoms with E-state index in [2.05, 4.69) is 0 Å². The molecule has 68 valence electrons. The van der Waals surface area contributed by atoms with Crippen LogP contribution in [0.1, 0.15) is 38.5 Å². The molecule has 2 rings (SSSR count). The molecule has 3 heteroatoms. The van der Waals surface area contributed by atoms with Gasteiger partial charge in [0.15, 0.2) is 0 Å². The van der Waals surface area contributed by atoms with E-state index in [1.54, 1.807) is 0 Å². The van der Waals surface area contributed by atoms with Crippen molar-refractivity contribution in [2.45, 2.75) is 44.3 Å². The van der Waals surface area contributed by atoms with E-state index >= 15 is 0 Å². The highest BCUT2D eigenvalue weighted by molar-refractivity contribution is 6.44. The van der Waals surface area contributed by atoms with Crippen LogP contribution in [0.15, 0.2) is 0 Å². The van der Waals surface area contributed by atoms with Crippen molar-refractivity contribution in [1.82, 2.24) is 0 Å². The number of hydrogen-bond acceptors (Lipinski definition) is 2. The van der Waals surface area contributed by atoms with Crippen LogP contribution in [0.5, 0.6) is 0 Å². The standard InChI is InChI=1S/C9H17BO2/c11-10(12)9-6-8(9)7-4-2-1-3-5-7/h7-9,11-12H,1-6H2/t8-,9+/m1/s1. The van der Waals surface area contributed by atoms with Gasteiger partial charge in [0.2, 0.25) is 0 Å². The summed E-state index contributed by atoms with van der Waals surface area (Å²) >= 11 is 0. The fraction of sp³-hybridized carbons (Fsp3) is 1.00. The summed E-state index contributed by atoms with van der Waals surface area (Å²) in [6.07, 6.45) is 7.81. The lowest BCUT2D eigenvalue weighted by Gasteiger charge is -2.21. The molecule has 12 heavy (non-hydrogen) atoms. The first-order valence-electron chi connectivity index (χ1n) is 5.15. The molecule has 2 N–H and O–H groups in total. The van der Waals surface area contributed by atoms with Crippen LogP contribution in [0.4, 0.5) is 0 Å². The van der Waals surface area contributed by atoms with Crippen LogP contribution < -0.4 is 0 Å². The molecular formula is C9H17BO2. The van der Waals surface area contributed by atoms with Crippen molar-refractivity contribution in [2.24, 2.45) is 11.8 Å². The predicted molar refractivity (Wildman–Crippen MR) is 48.6 cm³/mol. The minimum atomic E-state index is -1.04.